The average Bonchev–Trinajstić information content (AvgIpc) is 2.19. The first-order chi connectivity index (χ1) is 6.11. The molecule has 0 unspecified atom stereocenters. The number of rotatable bonds is 7. The minimum Gasteiger partial charge on any atom is -0.376 e. The van der Waals surface area contributed by atoms with Crippen LogP contribution in [0, 0.1) is 0 Å². The topological polar surface area (TPSA) is 35.2 Å². The lowest BCUT2D eigenvalue weighted by Crippen LogP contribution is -2.44. The zero-order valence-electron chi connectivity index (χ0n) is 9.60. The predicted molar refractivity (Wildman–Crippen MR) is 57.8 cm³/mol. The van der Waals surface area contributed by atoms with Gasteiger partial charge in [0.15, 0.2) is 0 Å². The molecule has 0 bridgehead atoms. The molecule has 0 fully saturated rings. The monoisotopic (exact) mass is 187 g/mol. The molecule has 0 radical (unpaired) electrons. The van der Waals surface area contributed by atoms with E-state index in [9.17, 15) is 0 Å². The van der Waals surface area contributed by atoms with Gasteiger partial charge in [0.25, 0.3) is 0 Å². The summed E-state index contributed by atoms with van der Waals surface area (Å²) in [5.74, 6) is 0. The van der Waals surface area contributed by atoms with Crippen LogP contribution in [0.5, 0.6) is 0 Å². The van der Waals surface area contributed by atoms with Crippen molar-refractivity contribution in [2.45, 2.75) is 65.0 Å². The molecule has 2 heteroatoms. The molecule has 0 atom stereocenters. The van der Waals surface area contributed by atoms with Crippen molar-refractivity contribution in [3.63, 3.8) is 0 Å². The summed E-state index contributed by atoms with van der Waals surface area (Å²) >= 11 is 0. The fourth-order valence-electron chi connectivity index (χ4n) is 1.26. The van der Waals surface area contributed by atoms with E-state index in [4.69, 9.17) is 10.5 Å². The van der Waals surface area contributed by atoms with Gasteiger partial charge in [-0.1, -0.05) is 27.7 Å². The van der Waals surface area contributed by atoms with Crippen LogP contribution in [-0.4, -0.2) is 18.2 Å². The van der Waals surface area contributed by atoms with Crippen LogP contribution >= 0.6 is 0 Å². The third-order valence-electron chi connectivity index (χ3n) is 2.93. The minimum absolute atomic E-state index is 0.109. The highest BCUT2D eigenvalue weighted by atomic mass is 16.5. The molecule has 2 nitrogen and oxygen atoms in total. The quantitative estimate of drug-likeness (QED) is 0.665. The molecular weight excluding hydrogens is 162 g/mol. The Kier molecular flexibility index (Phi) is 6.35. The fraction of sp³-hybridized carbons (Fsp3) is 1.00. The van der Waals surface area contributed by atoms with Crippen molar-refractivity contribution in [3.05, 3.63) is 0 Å². The largest absolute Gasteiger partial charge is 0.376 e. The van der Waals surface area contributed by atoms with Crippen LogP contribution in [0.4, 0.5) is 0 Å². The lowest BCUT2D eigenvalue weighted by atomic mass is 9.95. The Morgan fingerprint density at radius 3 is 1.85 bits per heavy atom. The predicted octanol–water partition coefficient (Wildman–Crippen LogP) is 2.71. The molecule has 0 aromatic carbocycles. The van der Waals surface area contributed by atoms with Crippen LogP contribution in [0.1, 0.15) is 53.4 Å². The van der Waals surface area contributed by atoms with Gasteiger partial charge >= 0.3 is 0 Å². The average molecular weight is 187 g/mol. The van der Waals surface area contributed by atoms with Crippen molar-refractivity contribution in [1.29, 1.82) is 0 Å². The molecule has 0 aliphatic heterocycles. The third kappa shape index (κ3) is 4.63. The molecule has 0 aromatic heterocycles. The van der Waals surface area contributed by atoms with Crippen LogP contribution in [0.3, 0.4) is 0 Å². The van der Waals surface area contributed by atoms with E-state index in [1.165, 1.54) is 0 Å². The van der Waals surface area contributed by atoms with Crippen molar-refractivity contribution < 1.29 is 4.74 Å². The van der Waals surface area contributed by atoms with Crippen molar-refractivity contribution in [3.8, 4) is 0 Å². The Morgan fingerprint density at radius 2 is 1.54 bits per heavy atom. The van der Waals surface area contributed by atoms with E-state index in [0.29, 0.717) is 12.7 Å². The maximum absolute atomic E-state index is 6.13. The van der Waals surface area contributed by atoms with Gasteiger partial charge in [-0.05, 0) is 25.7 Å². The molecule has 0 aliphatic rings. The van der Waals surface area contributed by atoms with E-state index >= 15 is 0 Å². The summed E-state index contributed by atoms with van der Waals surface area (Å²) in [6, 6.07) is 0. The van der Waals surface area contributed by atoms with Gasteiger partial charge in [-0.2, -0.15) is 0 Å². The van der Waals surface area contributed by atoms with E-state index in [0.717, 1.165) is 25.7 Å². The zero-order valence-corrected chi connectivity index (χ0v) is 9.60. The van der Waals surface area contributed by atoms with Crippen molar-refractivity contribution in [1.82, 2.24) is 0 Å². The first kappa shape index (κ1) is 12.9. The van der Waals surface area contributed by atoms with Crippen LogP contribution in [0.25, 0.3) is 0 Å². The van der Waals surface area contributed by atoms with Crippen molar-refractivity contribution in [2.24, 2.45) is 5.73 Å². The van der Waals surface area contributed by atoms with Crippen molar-refractivity contribution in [2.75, 3.05) is 6.61 Å². The fourth-order valence-corrected chi connectivity index (χ4v) is 1.26. The second-order valence-electron chi connectivity index (χ2n) is 3.82. The highest BCUT2D eigenvalue weighted by Crippen LogP contribution is 2.14. The second kappa shape index (κ2) is 6.39. The second-order valence-corrected chi connectivity index (χ2v) is 3.82. The Balaban J connectivity index is 3.83. The SMILES string of the molecule is CCC(CC)OCC(N)(CC)CC. The van der Waals surface area contributed by atoms with Gasteiger partial charge in [0.1, 0.15) is 0 Å². The van der Waals surface area contributed by atoms with Gasteiger partial charge in [-0.25, -0.2) is 0 Å². The molecule has 0 amide bonds. The molecule has 0 aromatic rings. The van der Waals surface area contributed by atoms with Gasteiger partial charge in [-0.3, -0.25) is 0 Å². The van der Waals surface area contributed by atoms with E-state index in [1.54, 1.807) is 0 Å². The molecule has 0 heterocycles. The zero-order chi connectivity index (χ0) is 10.3. The molecule has 0 saturated carbocycles. The van der Waals surface area contributed by atoms with Gasteiger partial charge in [0.05, 0.1) is 12.7 Å². The highest BCUT2D eigenvalue weighted by Gasteiger charge is 2.21. The van der Waals surface area contributed by atoms with Gasteiger partial charge in [0.2, 0.25) is 0 Å². The molecule has 0 saturated heterocycles. The number of hydrogen-bond donors (Lipinski definition) is 1. The molecule has 13 heavy (non-hydrogen) atoms. The summed E-state index contributed by atoms with van der Waals surface area (Å²) in [5.41, 5.74) is 6.02. The molecule has 0 rings (SSSR count). The summed E-state index contributed by atoms with van der Waals surface area (Å²) in [5, 5.41) is 0. The first-order valence-corrected chi connectivity index (χ1v) is 5.52. The third-order valence-corrected chi connectivity index (χ3v) is 2.93. The lowest BCUT2D eigenvalue weighted by Gasteiger charge is -2.28. The van der Waals surface area contributed by atoms with E-state index < -0.39 is 0 Å². The Hall–Kier alpha value is -0.0800. The summed E-state index contributed by atoms with van der Waals surface area (Å²) in [4.78, 5) is 0. The van der Waals surface area contributed by atoms with Gasteiger partial charge in [-0.15, -0.1) is 0 Å². The van der Waals surface area contributed by atoms with Gasteiger partial charge < -0.3 is 10.5 Å². The van der Waals surface area contributed by atoms with Crippen LogP contribution < -0.4 is 5.73 Å². The summed E-state index contributed by atoms with van der Waals surface area (Å²) in [6.07, 6.45) is 4.54. The molecule has 0 spiro atoms. The summed E-state index contributed by atoms with van der Waals surface area (Å²) in [7, 11) is 0. The standard InChI is InChI=1S/C11H25NO/c1-5-10(6-2)13-9-11(12,7-3)8-4/h10H,5-9,12H2,1-4H3. The molecular formula is C11H25NO. The summed E-state index contributed by atoms with van der Waals surface area (Å²) in [6.45, 7) is 9.26. The van der Waals surface area contributed by atoms with E-state index in [1.807, 2.05) is 0 Å². The highest BCUT2D eigenvalue weighted by molar-refractivity contribution is 4.80. The molecule has 0 aliphatic carbocycles. The minimum atomic E-state index is -0.109. The Bertz CT molecular complexity index is 117. The van der Waals surface area contributed by atoms with Gasteiger partial charge in [0, 0.05) is 5.54 Å². The van der Waals surface area contributed by atoms with E-state index in [-0.39, 0.29) is 5.54 Å². The maximum atomic E-state index is 6.13. The number of hydrogen-bond acceptors (Lipinski definition) is 2. The first-order valence-electron chi connectivity index (χ1n) is 5.52. The molecule has 2 N–H and O–H groups in total. The summed E-state index contributed by atoms with van der Waals surface area (Å²) < 4.78 is 5.76. The Labute approximate surface area is 82.8 Å². The maximum Gasteiger partial charge on any atom is 0.0649 e. The van der Waals surface area contributed by atoms with Crippen molar-refractivity contribution >= 4 is 0 Å². The number of ether oxygens (including phenoxy) is 1. The smallest absolute Gasteiger partial charge is 0.0649 e. The Morgan fingerprint density at radius 1 is 1.08 bits per heavy atom. The van der Waals surface area contributed by atoms with E-state index in [2.05, 4.69) is 27.7 Å². The van der Waals surface area contributed by atoms with Crippen LogP contribution in [0.15, 0.2) is 0 Å². The van der Waals surface area contributed by atoms with Crippen LogP contribution in [-0.2, 0) is 4.74 Å². The lowest BCUT2D eigenvalue weighted by molar-refractivity contribution is 0.0133. The number of nitrogens with two attached hydrogens (primary N) is 1. The normalized spacial score (nSPS) is 12.5. The van der Waals surface area contributed by atoms with Crippen LogP contribution in [0.2, 0.25) is 0 Å². The molecule has 80 valence electrons.